The van der Waals surface area contributed by atoms with Crippen LogP contribution in [-0.4, -0.2) is 81.6 Å². The maximum atomic E-state index is 11.9. The van der Waals surface area contributed by atoms with E-state index in [1.54, 1.807) is 21.6 Å². The van der Waals surface area contributed by atoms with Crippen LogP contribution >= 0.6 is 45.1 Å². The maximum absolute atomic E-state index is 11.9. The number of imidazole rings is 1. The topological polar surface area (TPSA) is 268 Å². The summed E-state index contributed by atoms with van der Waals surface area (Å²) in [6.45, 7) is -0.474. The van der Waals surface area contributed by atoms with Gasteiger partial charge in [0.25, 0.3) is 0 Å². The summed E-state index contributed by atoms with van der Waals surface area (Å²) in [7, 11) is -13.4. The van der Waals surface area contributed by atoms with E-state index in [-0.39, 0.29) is 29.4 Å². The Labute approximate surface area is 210 Å². The Balaban J connectivity index is 1.67. The molecule has 2 aromatic rings. The van der Waals surface area contributed by atoms with Crippen molar-refractivity contribution in [3.63, 3.8) is 0 Å². The molecular weight excluding hydrogens is 591 g/mol. The molecule has 1 aliphatic heterocycles. The summed E-state index contributed by atoms with van der Waals surface area (Å²) >= 11 is 0. The van der Waals surface area contributed by atoms with Gasteiger partial charge in [-0.3, -0.25) is 9.09 Å². The fourth-order valence-corrected chi connectivity index (χ4v) is 7.03. The van der Waals surface area contributed by atoms with Gasteiger partial charge < -0.3 is 39.9 Å². The first-order valence-corrected chi connectivity index (χ1v) is 16.8. The van der Waals surface area contributed by atoms with Gasteiger partial charge in [-0.1, -0.05) is 21.6 Å². The predicted molar refractivity (Wildman–Crippen MR) is 126 cm³/mol. The second kappa shape index (κ2) is 11.9. The lowest BCUT2D eigenvalue weighted by atomic mass is 10.2. The van der Waals surface area contributed by atoms with Crippen LogP contribution in [0.15, 0.2) is 6.33 Å². The van der Waals surface area contributed by atoms with Crippen molar-refractivity contribution in [2.24, 2.45) is 0 Å². The molecule has 5 atom stereocenters. The Kier molecular flexibility index (Phi) is 9.85. The number of rotatable bonds is 13. The number of nitrogens with zero attached hydrogens (tertiary/aromatic N) is 4. The molecule has 7 N–H and O–H groups in total. The normalized spacial score (nSPS) is 24.0. The summed E-state index contributed by atoms with van der Waals surface area (Å²) in [5.74, 6) is 0.739. The van der Waals surface area contributed by atoms with Crippen molar-refractivity contribution in [1.29, 1.82) is 0 Å². The van der Waals surface area contributed by atoms with Gasteiger partial charge >= 0.3 is 23.5 Å². The molecule has 23 heteroatoms. The van der Waals surface area contributed by atoms with E-state index in [4.69, 9.17) is 25.0 Å². The van der Waals surface area contributed by atoms with Gasteiger partial charge in [-0.2, -0.15) is 18.6 Å². The number of anilines is 1. The van der Waals surface area contributed by atoms with Crippen LogP contribution in [0.5, 0.6) is 5.88 Å². The molecule has 2 aromatic heterocycles. The first-order chi connectivity index (χ1) is 16.7. The number of aliphatic hydroxyl groups excluding tert-OH is 1. The smallest absolute Gasteiger partial charge is 0.475 e. The highest BCUT2D eigenvalue weighted by Gasteiger charge is 2.43. The number of hydrogen-bond acceptors (Lipinski definition) is 15. The number of hydrogen-bond donors (Lipinski definition) is 6. The van der Waals surface area contributed by atoms with E-state index in [9.17, 15) is 28.6 Å². The number of ether oxygens (including phenoxy) is 2. The monoisotopic (exact) mass is 613 g/mol. The van der Waals surface area contributed by atoms with Crippen molar-refractivity contribution in [1.82, 2.24) is 19.5 Å². The molecule has 0 saturated carbocycles. The molecule has 0 aromatic carbocycles. The van der Waals surface area contributed by atoms with Crippen LogP contribution in [0.3, 0.4) is 0 Å². The van der Waals surface area contributed by atoms with Crippen LogP contribution in [0.1, 0.15) is 12.6 Å². The van der Waals surface area contributed by atoms with Crippen molar-refractivity contribution >= 4 is 62.2 Å². The van der Waals surface area contributed by atoms with Crippen LogP contribution in [-0.2, 0) is 31.6 Å². The highest BCUT2D eigenvalue weighted by atomic mass is 33.1. The average Bonchev–Trinajstić information content (AvgIpc) is 3.30. The Morgan fingerprint density at radius 2 is 1.92 bits per heavy atom. The lowest BCUT2D eigenvalue weighted by Gasteiger charge is -2.19. The van der Waals surface area contributed by atoms with Gasteiger partial charge in [0.05, 0.1) is 25.6 Å². The van der Waals surface area contributed by atoms with E-state index < -0.39 is 48.5 Å². The molecule has 3 rings (SSSR count). The number of phosphoric ester groups is 1. The minimum absolute atomic E-state index is 0.0413. The van der Waals surface area contributed by atoms with Gasteiger partial charge in [0, 0.05) is 12.2 Å². The molecule has 0 spiro atoms. The Hall–Kier alpha value is -0.820. The molecule has 3 unspecified atom stereocenters. The molecule has 1 saturated heterocycles. The highest BCUT2D eigenvalue weighted by molar-refractivity contribution is 8.76. The molecule has 3 heterocycles. The third-order valence-corrected chi connectivity index (χ3v) is 9.84. The highest BCUT2D eigenvalue weighted by Crippen LogP contribution is 2.66. The molecule has 0 amide bonds. The van der Waals surface area contributed by atoms with Crippen molar-refractivity contribution in [2.75, 3.05) is 31.0 Å². The van der Waals surface area contributed by atoms with Gasteiger partial charge in [-0.15, -0.1) is 0 Å². The van der Waals surface area contributed by atoms with Crippen LogP contribution in [0.2, 0.25) is 0 Å². The molecule has 18 nitrogen and oxygen atoms in total. The lowest BCUT2D eigenvalue weighted by molar-refractivity contribution is -0.0423. The minimum Gasteiger partial charge on any atom is -0.475 e. The lowest BCUT2D eigenvalue weighted by Crippen LogP contribution is -2.26. The van der Waals surface area contributed by atoms with Crippen LogP contribution in [0.4, 0.5) is 5.95 Å². The van der Waals surface area contributed by atoms with Crippen LogP contribution in [0.25, 0.3) is 11.2 Å². The number of aromatic nitrogens is 4. The second-order valence-corrected chi connectivity index (χ2v) is 14.0. The Morgan fingerprint density at radius 1 is 1.19 bits per heavy atom. The zero-order chi connectivity index (χ0) is 26.7. The van der Waals surface area contributed by atoms with E-state index in [0.29, 0.717) is 12.4 Å². The molecule has 204 valence electrons. The molecular formula is C13H22N5O13P3S2. The number of nitrogen functional groups attached to an aromatic ring is 1. The summed E-state index contributed by atoms with van der Waals surface area (Å²) in [5.41, 5.74) is 6.30. The summed E-state index contributed by atoms with van der Waals surface area (Å²) in [6, 6.07) is 0. The van der Waals surface area contributed by atoms with Crippen LogP contribution in [0, 0.1) is 0 Å². The third kappa shape index (κ3) is 8.34. The Bertz CT molecular complexity index is 1210. The summed E-state index contributed by atoms with van der Waals surface area (Å²) in [5, 5.41) is 10.3. The molecule has 0 bridgehead atoms. The van der Waals surface area contributed by atoms with Crippen molar-refractivity contribution in [3.05, 3.63) is 6.33 Å². The molecule has 36 heavy (non-hydrogen) atoms. The maximum Gasteiger partial charge on any atom is 0.490 e. The SMILES string of the molecule is CSSCCOc1nc(N)nc2c1ncn2[C@H]1CC(O)[C@@H](COP(=O)(O)OP(=O)(O)OP(=O)(O)O)O1. The van der Waals surface area contributed by atoms with Gasteiger partial charge in [0.15, 0.2) is 11.2 Å². The summed E-state index contributed by atoms with van der Waals surface area (Å²) in [6.07, 6.45) is -0.104. The zero-order valence-electron chi connectivity index (χ0n) is 18.2. The summed E-state index contributed by atoms with van der Waals surface area (Å²) in [4.78, 5) is 48.3. The fraction of sp³-hybridized carbons (Fsp3) is 0.615. The molecule has 1 fully saturated rings. The van der Waals surface area contributed by atoms with Gasteiger partial charge in [0.1, 0.15) is 12.3 Å². The molecule has 0 aliphatic carbocycles. The van der Waals surface area contributed by atoms with E-state index in [1.807, 2.05) is 6.26 Å². The fourth-order valence-electron chi connectivity index (χ4n) is 2.98. The first kappa shape index (κ1) is 29.7. The number of aliphatic hydroxyl groups is 1. The van der Waals surface area contributed by atoms with Gasteiger partial charge in [-0.05, 0) is 6.26 Å². The minimum atomic E-state index is -5.67. The summed E-state index contributed by atoms with van der Waals surface area (Å²) < 4.78 is 58.6. The van der Waals surface area contributed by atoms with E-state index >= 15 is 0 Å². The molecule has 1 aliphatic rings. The Morgan fingerprint density at radius 3 is 2.58 bits per heavy atom. The van der Waals surface area contributed by atoms with Gasteiger partial charge in [0.2, 0.25) is 11.8 Å². The van der Waals surface area contributed by atoms with Crippen molar-refractivity contribution in [3.8, 4) is 5.88 Å². The predicted octanol–water partition coefficient (Wildman–Crippen LogP) is 0.790. The number of phosphoric acid groups is 3. The van der Waals surface area contributed by atoms with E-state index in [0.717, 1.165) is 0 Å². The number of fused-ring (bicyclic) bond motifs is 1. The van der Waals surface area contributed by atoms with E-state index in [1.165, 1.54) is 10.9 Å². The van der Waals surface area contributed by atoms with Crippen molar-refractivity contribution in [2.45, 2.75) is 24.9 Å². The van der Waals surface area contributed by atoms with Crippen molar-refractivity contribution < 1.29 is 61.0 Å². The zero-order valence-corrected chi connectivity index (χ0v) is 22.5. The third-order valence-electron chi connectivity index (χ3n) is 4.26. The van der Waals surface area contributed by atoms with Gasteiger partial charge in [-0.25, -0.2) is 18.7 Å². The largest absolute Gasteiger partial charge is 0.490 e. The van der Waals surface area contributed by atoms with E-state index in [2.05, 4.69) is 28.1 Å². The first-order valence-electron chi connectivity index (χ1n) is 9.60. The quantitative estimate of drug-likeness (QED) is 0.103. The molecule has 0 radical (unpaired) electrons. The average molecular weight is 613 g/mol. The standard InChI is InChI=1S/C13H22N5O13P3S2/c1-35-36-3-2-27-12-10-11(16-13(14)17-12)18(6-15-10)9-4-7(19)8(29-9)5-28-33(23,24)31-34(25,26)30-32(20,21)22/h6-9,19H,2-5H2,1H3,(H,23,24)(H,25,26)(H2,14,16,17)(H2,20,21,22)/t7?,8-,9-/m1/s1. The van der Waals surface area contributed by atoms with Crippen LogP contribution < -0.4 is 10.5 Å². The number of nitrogens with two attached hydrogens (primary N) is 1. The second-order valence-electron chi connectivity index (χ2n) is 6.87.